The Labute approximate surface area is 48.3 Å². The Morgan fingerprint density at radius 3 is 2.50 bits per heavy atom. The molecule has 0 aliphatic heterocycles. The molecular weight excluding hydrogens is 107 g/mol. The number of carbonyl (C=O) groups excluding carboxylic acids is 1. The van der Waals surface area contributed by atoms with E-state index in [4.69, 9.17) is 5.02 Å². The van der Waals surface area contributed by atoms with Gasteiger partial charge in [-0.2, -0.15) is 0 Å². The first kappa shape index (κ1) is 7.23. The molecule has 0 atom stereocenters. The highest BCUT2D eigenvalue weighted by molar-refractivity contribution is 6.21. The van der Waals surface area contributed by atoms with Crippen molar-refractivity contribution in [2.45, 2.75) is 6.92 Å². The highest BCUT2D eigenvalue weighted by Gasteiger charge is 1.99. The lowest BCUT2D eigenvalue weighted by molar-refractivity contribution is -0.130. The minimum atomic E-state index is -0.578. The molecule has 0 aliphatic carbocycles. The van der Waals surface area contributed by atoms with Crippen LogP contribution in [-0.4, -0.2) is 18.7 Å². The van der Waals surface area contributed by atoms with Crippen LogP contribution >= 0.6 is 0 Å². The number of carbonyl (C=O) groups is 1. The monoisotopic (exact) mass is 114 g/mol. The van der Waals surface area contributed by atoms with Gasteiger partial charge < -0.3 is 9.68 Å². The molecule has 0 rings (SSSR count). The fourth-order valence-electron chi connectivity index (χ4n) is 0.182. The third kappa shape index (κ3) is 2.42. The normalized spacial score (nSPS) is 7.75. The van der Waals surface area contributed by atoms with Crippen molar-refractivity contribution in [2.24, 2.45) is 0 Å². The molecule has 0 aromatic rings. The summed E-state index contributed by atoms with van der Waals surface area (Å²) in [7, 11) is -0.578. The summed E-state index contributed by atoms with van der Waals surface area (Å²) in [6, 6.07) is 0. The standard InChI is InChI=1S/C4H7BO3/c1-3(2)4(6)8-5-7/h5,7H,1H2,2H3. The molecule has 0 saturated carbocycles. The molecule has 0 bridgehead atoms. The average molecular weight is 114 g/mol. The predicted molar refractivity (Wildman–Crippen MR) is 30.3 cm³/mol. The Bertz CT molecular complexity index is 110. The van der Waals surface area contributed by atoms with Gasteiger partial charge in [0.1, 0.15) is 0 Å². The van der Waals surface area contributed by atoms with Gasteiger partial charge in [0.25, 0.3) is 0 Å². The number of hydrogen-bond donors (Lipinski definition) is 1. The van der Waals surface area contributed by atoms with Crippen molar-refractivity contribution in [1.29, 1.82) is 0 Å². The zero-order valence-electron chi connectivity index (χ0n) is 4.68. The molecule has 44 valence electrons. The first-order valence-electron chi connectivity index (χ1n) is 2.12. The van der Waals surface area contributed by atoms with Gasteiger partial charge in [-0.15, -0.1) is 0 Å². The van der Waals surface area contributed by atoms with Gasteiger partial charge >= 0.3 is 13.7 Å². The van der Waals surface area contributed by atoms with Crippen LogP contribution in [0.5, 0.6) is 0 Å². The van der Waals surface area contributed by atoms with Crippen molar-refractivity contribution in [3.63, 3.8) is 0 Å². The van der Waals surface area contributed by atoms with Crippen LogP contribution < -0.4 is 0 Å². The van der Waals surface area contributed by atoms with Crippen LogP contribution in [0.3, 0.4) is 0 Å². The molecule has 4 heteroatoms. The summed E-state index contributed by atoms with van der Waals surface area (Å²) in [5, 5.41) is 8.00. The van der Waals surface area contributed by atoms with Crippen LogP contribution in [0.2, 0.25) is 0 Å². The third-order valence-electron chi connectivity index (χ3n) is 0.544. The van der Waals surface area contributed by atoms with Gasteiger partial charge in [0.2, 0.25) is 0 Å². The zero-order chi connectivity index (χ0) is 6.57. The van der Waals surface area contributed by atoms with E-state index in [0.29, 0.717) is 5.57 Å². The van der Waals surface area contributed by atoms with Gasteiger partial charge in [0.15, 0.2) is 0 Å². The summed E-state index contributed by atoms with van der Waals surface area (Å²) >= 11 is 0. The van der Waals surface area contributed by atoms with Gasteiger partial charge in [-0.05, 0) is 6.92 Å². The average Bonchev–Trinajstić information content (AvgIpc) is 1.67. The van der Waals surface area contributed by atoms with E-state index in [1.54, 1.807) is 0 Å². The quantitative estimate of drug-likeness (QED) is 0.383. The number of hydrogen-bond acceptors (Lipinski definition) is 3. The second-order valence-corrected chi connectivity index (χ2v) is 1.34. The van der Waals surface area contributed by atoms with E-state index in [-0.39, 0.29) is 0 Å². The van der Waals surface area contributed by atoms with Crippen molar-refractivity contribution < 1.29 is 14.5 Å². The summed E-state index contributed by atoms with van der Waals surface area (Å²) in [6.45, 7) is 4.80. The lowest BCUT2D eigenvalue weighted by atomic mass is 10.3. The van der Waals surface area contributed by atoms with Crippen LogP contribution in [0, 0.1) is 0 Å². The van der Waals surface area contributed by atoms with Crippen molar-refractivity contribution in [1.82, 2.24) is 0 Å². The molecular formula is C4H7BO3. The second kappa shape index (κ2) is 3.26. The molecule has 3 nitrogen and oxygen atoms in total. The number of rotatable bonds is 2. The SMILES string of the molecule is C=C(C)C(=O)OBO. The summed E-state index contributed by atoms with van der Waals surface area (Å²) in [4.78, 5) is 10.3. The topological polar surface area (TPSA) is 46.5 Å². The maximum absolute atomic E-state index is 10.3. The Kier molecular flexibility index (Phi) is 2.95. The highest BCUT2D eigenvalue weighted by atomic mass is 16.6. The fourth-order valence-corrected chi connectivity index (χ4v) is 0.182. The molecule has 0 heterocycles. The first-order valence-corrected chi connectivity index (χ1v) is 2.12. The second-order valence-electron chi connectivity index (χ2n) is 1.34. The fraction of sp³-hybridized carbons (Fsp3) is 0.250. The van der Waals surface area contributed by atoms with Gasteiger partial charge in [-0.1, -0.05) is 6.58 Å². The van der Waals surface area contributed by atoms with Crippen LogP contribution in [0.1, 0.15) is 6.92 Å². The summed E-state index contributed by atoms with van der Waals surface area (Å²) in [6.07, 6.45) is 0. The van der Waals surface area contributed by atoms with E-state index >= 15 is 0 Å². The summed E-state index contributed by atoms with van der Waals surface area (Å²) in [5.74, 6) is -0.562. The molecule has 0 aromatic carbocycles. The molecule has 0 saturated heterocycles. The zero-order valence-corrected chi connectivity index (χ0v) is 4.68. The first-order chi connectivity index (χ1) is 3.68. The molecule has 0 amide bonds. The van der Waals surface area contributed by atoms with Crippen LogP contribution in [0.4, 0.5) is 0 Å². The van der Waals surface area contributed by atoms with Gasteiger partial charge in [-0.3, -0.25) is 0 Å². The molecule has 1 N–H and O–H groups in total. The molecule has 8 heavy (non-hydrogen) atoms. The Hall–Kier alpha value is -0.765. The van der Waals surface area contributed by atoms with Gasteiger partial charge in [0, 0.05) is 5.57 Å². The summed E-state index contributed by atoms with van der Waals surface area (Å²) in [5.41, 5.74) is 0.291. The molecule has 0 spiro atoms. The molecule has 0 fully saturated rings. The van der Waals surface area contributed by atoms with Crippen LogP contribution in [0.15, 0.2) is 12.2 Å². The van der Waals surface area contributed by atoms with Crippen molar-refractivity contribution in [3.8, 4) is 0 Å². The predicted octanol–water partition coefficient (Wildman–Crippen LogP) is -0.636. The lowest BCUT2D eigenvalue weighted by Crippen LogP contribution is -2.07. The van der Waals surface area contributed by atoms with Gasteiger partial charge in [0.05, 0.1) is 0 Å². The van der Waals surface area contributed by atoms with E-state index in [0.717, 1.165) is 0 Å². The van der Waals surface area contributed by atoms with Crippen molar-refractivity contribution >= 4 is 13.7 Å². The van der Waals surface area contributed by atoms with E-state index in [1.807, 2.05) is 0 Å². The minimum absolute atomic E-state index is 0.291. The third-order valence-corrected chi connectivity index (χ3v) is 0.544. The van der Waals surface area contributed by atoms with Gasteiger partial charge in [-0.25, -0.2) is 4.79 Å². The van der Waals surface area contributed by atoms with E-state index in [9.17, 15) is 4.79 Å². The Morgan fingerprint density at radius 1 is 1.88 bits per heavy atom. The lowest BCUT2D eigenvalue weighted by Gasteiger charge is -1.95. The maximum atomic E-state index is 10.3. The Morgan fingerprint density at radius 2 is 2.38 bits per heavy atom. The van der Waals surface area contributed by atoms with E-state index < -0.39 is 13.7 Å². The molecule has 0 aliphatic rings. The van der Waals surface area contributed by atoms with E-state index in [2.05, 4.69) is 11.2 Å². The molecule has 0 aromatic heterocycles. The minimum Gasteiger partial charge on any atom is -0.509 e. The van der Waals surface area contributed by atoms with Crippen molar-refractivity contribution in [2.75, 3.05) is 0 Å². The molecule has 0 unspecified atom stereocenters. The molecule has 0 radical (unpaired) electrons. The van der Waals surface area contributed by atoms with Crippen LogP contribution in [-0.2, 0) is 9.45 Å². The summed E-state index contributed by atoms with van der Waals surface area (Å²) < 4.78 is 4.12. The van der Waals surface area contributed by atoms with Crippen molar-refractivity contribution in [3.05, 3.63) is 12.2 Å². The Balaban J connectivity index is 3.49. The maximum Gasteiger partial charge on any atom is 0.506 e. The van der Waals surface area contributed by atoms with Crippen LogP contribution in [0.25, 0.3) is 0 Å². The smallest absolute Gasteiger partial charge is 0.506 e. The van der Waals surface area contributed by atoms with E-state index in [1.165, 1.54) is 6.92 Å². The largest absolute Gasteiger partial charge is 0.509 e. The highest BCUT2D eigenvalue weighted by Crippen LogP contribution is 1.88.